The molecule has 34 heavy (non-hydrogen) atoms. The number of anilines is 2. The Morgan fingerprint density at radius 1 is 0.853 bits per heavy atom. The second-order valence-corrected chi connectivity index (χ2v) is 8.81. The van der Waals surface area contributed by atoms with Crippen molar-refractivity contribution in [1.29, 1.82) is 0 Å². The molecule has 1 aliphatic rings. The largest absolute Gasteiger partial charge is 0.366 e. The minimum atomic E-state index is -0.203. The zero-order valence-corrected chi connectivity index (χ0v) is 20.1. The Morgan fingerprint density at radius 2 is 1.50 bits per heavy atom. The summed E-state index contributed by atoms with van der Waals surface area (Å²) in [4.78, 5) is 29.2. The molecule has 2 amide bonds. The van der Waals surface area contributed by atoms with Gasteiger partial charge in [-0.1, -0.05) is 54.1 Å². The topological polar surface area (TPSA) is 64.7 Å². The molecule has 1 saturated heterocycles. The number of carbonyl (C=O) groups excluding carboxylic acids is 2. The predicted octanol–water partition coefficient (Wildman–Crippen LogP) is 4.36. The molecule has 0 aromatic heterocycles. The summed E-state index contributed by atoms with van der Waals surface area (Å²) in [7, 11) is 0. The average molecular weight is 493 g/mol. The molecule has 2 N–H and O–H groups in total. The molecular weight excluding hydrogens is 468 g/mol. The summed E-state index contributed by atoms with van der Waals surface area (Å²) in [5, 5.41) is 6.76. The number of hydrogen-bond donors (Lipinski definition) is 2. The molecule has 0 radical (unpaired) electrons. The fourth-order valence-electron chi connectivity index (χ4n) is 3.88. The number of thiocarbonyl (C=S) groups is 1. The molecule has 8 heteroatoms. The SMILES string of the molecule is O=C(Cc1ccc(Cl)cc1)NC(=S)Nc1ccccc1N1CCN(C(=O)c2ccccc2)CC1. The van der Waals surface area contributed by atoms with Crippen LogP contribution in [0.3, 0.4) is 0 Å². The zero-order valence-electron chi connectivity index (χ0n) is 18.5. The van der Waals surface area contributed by atoms with Gasteiger partial charge in [0.2, 0.25) is 5.91 Å². The van der Waals surface area contributed by atoms with Crippen molar-refractivity contribution < 1.29 is 9.59 Å². The van der Waals surface area contributed by atoms with Crippen molar-refractivity contribution >= 4 is 52.1 Å². The van der Waals surface area contributed by atoms with Gasteiger partial charge in [-0.05, 0) is 54.2 Å². The van der Waals surface area contributed by atoms with Crippen molar-refractivity contribution in [3.8, 4) is 0 Å². The molecule has 3 aromatic rings. The Morgan fingerprint density at radius 3 is 2.21 bits per heavy atom. The van der Waals surface area contributed by atoms with Crippen LogP contribution in [0.15, 0.2) is 78.9 Å². The minimum Gasteiger partial charge on any atom is -0.366 e. The summed E-state index contributed by atoms with van der Waals surface area (Å²) in [5.41, 5.74) is 3.34. The van der Waals surface area contributed by atoms with Crippen molar-refractivity contribution in [2.45, 2.75) is 6.42 Å². The highest BCUT2D eigenvalue weighted by Crippen LogP contribution is 2.27. The Balaban J connectivity index is 1.34. The molecule has 0 atom stereocenters. The van der Waals surface area contributed by atoms with Crippen LogP contribution in [0.1, 0.15) is 15.9 Å². The van der Waals surface area contributed by atoms with E-state index in [9.17, 15) is 9.59 Å². The average Bonchev–Trinajstić information content (AvgIpc) is 2.86. The lowest BCUT2D eigenvalue weighted by atomic mass is 10.1. The van der Waals surface area contributed by atoms with E-state index in [4.69, 9.17) is 23.8 Å². The van der Waals surface area contributed by atoms with Gasteiger partial charge in [0, 0.05) is 36.8 Å². The number of carbonyl (C=O) groups is 2. The summed E-state index contributed by atoms with van der Waals surface area (Å²) in [6, 6.07) is 24.3. The first-order valence-electron chi connectivity index (χ1n) is 11.0. The summed E-state index contributed by atoms with van der Waals surface area (Å²) >= 11 is 11.3. The third kappa shape index (κ3) is 6.12. The first kappa shape index (κ1) is 23.7. The third-order valence-electron chi connectivity index (χ3n) is 5.61. The fraction of sp³-hybridized carbons (Fsp3) is 0.192. The van der Waals surface area contributed by atoms with Crippen LogP contribution in [0, 0.1) is 0 Å². The van der Waals surface area contributed by atoms with Gasteiger partial charge in [0.25, 0.3) is 5.91 Å². The van der Waals surface area contributed by atoms with E-state index in [1.165, 1.54) is 0 Å². The van der Waals surface area contributed by atoms with Gasteiger partial charge in [-0.15, -0.1) is 0 Å². The molecule has 3 aromatic carbocycles. The number of para-hydroxylation sites is 2. The van der Waals surface area contributed by atoms with Gasteiger partial charge in [-0.2, -0.15) is 0 Å². The Labute approximate surface area is 209 Å². The van der Waals surface area contributed by atoms with Gasteiger partial charge in [-0.25, -0.2) is 0 Å². The number of benzene rings is 3. The molecule has 1 aliphatic heterocycles. The van der Waals surface area contributed by atoms with Crippen molar-refractivity contribution in [2.24, 2.45) is 0 Å². The van der Waals surface area contributed by atoms with E-state index in [2.05, 4.69) is 15.5 Å². The molecule has 0 bridgehead atoms. The third-order valence-corrected chi connectivity index (χ3v) is 6.07. The lowest BCUT2D eigenvalue weighted by Crippen LogP contribution is -2.49. The van der Waals surface area contributed by atoms with E-state index in [0.29, 0.717) is 36.8 Å². The molecule has 0 saturated carbocycles. The number of amides is 2. The Kier molecular flexibility index (Phi) is 7.77. The van der Waals surface area contributed by atoms with Crippen molar-refractivity contribution in [2.75, 3.05) is 36.4 Å². The first-order valence-corrected chi connectivity index (χ1v) is 11.8. The number of piperazine rings is 1. The van der Waals surface area contributed by atoms with E-state index in [1.54, 1.807) is 12.1 Å². The number of nitrogens with one attached hydrogen (secondary N) is 2. The van der Waals surface area contributed by atoms with Gasteiger partial charge in [0.05, 0.1) is 17.8 Å². The van der Waals surface area contributed by atoms with Crippen LogP contribution in [-0.4, -0.2) is 48.0 Å². The zero-order chi connectivity index (χ0) is 23.9. The van der Waals surface area contributed by atoms with Crippen LogP contribution in [0.25, 0.3) is 0 Å². The first-order chi connectivity index (χ1) is 16.5. The van der Waals surface area contributed by atoms with E-state index >= 15 is 0 Å². The second kappa shape index (κ2) is 11.1. The highest BCUT2D eigenvalue weighted by Gasteiger charge is 2.23. The van der Waals surface area contributed by atoms with E-state index in [1.807, 2.05) is 71.6 Å². The normalized spacial score (nSPS) is 13.3. The molecule has 1 heterocycles. The number of nitrogens with zero attached hydrogens (tertiary/aromatic N) is 2. The van der Waals surface area contributed by atoms with Crippen LogP contribution in [-0.2, 0) is 11.2 Å². The maximum absolute atomic E-state index is 12.7. The Bertz CT molecular complexity index is 1160. The van der Waals surface area contributed by atoms with E-state index < -0.39 is 0 Å². The minimum absolute atomic E-state index is 0.0521. The van der Waals surface area contributed by atoms with Gasteiger partial charge in [0.1, 0.15) is 0 Å². The second-order valence-electron chi connectivity index (χ2n) is 7.97. The van der Waals surface area contributed by atoms with Crippen molar-refractivity contribution in [3.05, 3.63) is 95.0 Å². The summed E-state index contributed by atoms with van der Waals surface area (Å²) < 4.78 is 0. The summed E-state index contributed by atoms with van der Waals surface area (Å²) in [6.45, 7) is 2.66. The highest BCUT2D eigenvalue weighted by atomic mass is 35.5. The molecule has 6 nitrogen and oxygen atoms in total. The predicted molar refractivity (Wildman–Crippen MR) is 141 cm³/mol. The van der Waals surface area contributed by atoms with Crippen molar-refractivity contribution in [1.82, 2.24) is 10.2 Å². The number of rotatable bonds is 5. The molecule has 0 aliphatic carbocycles. The van der Waals surface area contributed by atoms with Gasteiger partial charge in [-0.3, -0.25) is 9.59 Å². The Hall–Kier alpha value is -3.42. The highest BCUT2D eigenvalue weighted by molar-refractivity contribution is 7.80. The molecule has 174 valence electrons. The fourth-order valence-corrected chi connectivity index (χ4v) is 4.23. The standard InChI is InChI=1S/C26H25ClN4O2S/c27-21-12-10-19(11-13-21)18-24(32)29-26(34)28-22-8-4-5-9-23(22)30-14-16-31(17-15-30)25(33)20-6-2-1-3-7-20/h1-13H,14-18H2,(H2,28,29,32,34). The van der Waals surface area contributed by atoms with Crippen LogP contribution in [0.2, 0.25) is 5.02 Å². The van der Waals surface area contributed by atoms with Crippen LogP contribution >= 0.6 is 23.8 Å². The lowest BCUT2D eigenvalue weighted by Gasteiger charge is -2.37. The van der Waals surface area contributed by atoms with Crippen molar-refractivity contribution in [3.63, 3.8) is 0 Å². The van der Waals surface area contributed by atoms with Gasteiger partial charge in [0.15, 0.2) is 5.11 Å². The molecule has 1 fully saturated rings. The molecule has 4 rings (SSSR count). The van der Waals surface area contributed by atoms with E-state index in [0.717, 1.165) is 16.9 Å². The smallest absolute Gasteiger partial charge is 0.253 e. The summed E-state index contributed by atoms with van der Waals surface area (Å²) in [6.07, 6.45) is 0.206. The summed E-state index contributed by atoms with van der Waals surface area (Å²) in [5.74, 6) is -0.151. The maximum atomic E-state index is 12.7. The van der Waals surface area contributed by atoms with Gasteiger partial charge >= 0.3 is 0 Å². The lowest BCUT2D eigenvalue weighted by molar-refractivity contribution is -0.119. The quantitative estimate of drug-likeness (QED) is 0.518. The van der Waals surface area contributed by atoms with Gasteiger partial charge < -0.3 is 20.4 Å². The molecular formula is C26H25ClN4O2S. The monoisotopic (exact) mass is 492 g/mol. The molecule has 0 spiro atoms. The molecule has 0 unspecified atom stereocenters. The van der Waals surface area contributed by atoms with Crippen LogP contribution in [0.4, 0.5) is 11.4 Å². The van der Waals surface area contributed by atoms with Crippen LogP contribution in [0.5, 0.6) is 0 Å². The van der Waals surface area contributed by atoms with Crippen LogP contribution < -0.4 is 15.5 Å². The number of halogens is 1. The maximum Gasteiger partial charge on any atom is 0.253 e. The number of hydrogen-bond acceptors (Lipinski definition) is 4. The van der Waals surface area contributed by atoms with E-state index in [-0.39, 0.29) is 23.3 Å².